The molecule has 24 heavy (non-hydrogen) atoms. The minimum atomic E-state index is -0.403. The highest BCUT2D eigenvalue weighted by Gasteiger charge is 2.19. The fourth-order valence-electron chi connectivity index (χ4n) is 3.17. The second kappa shape index (κ2) is 5.53. The number of nitrogens with zero attached hydrogens (tertiary/aromatic N) is 2. The van der Waals surface area contributed by atoms with Crippen molar-refractivity contribution < 1.29 is 9.53 Å². The molecule has 0 amide bonds. The number of hydrogen-bond donors (Lipinski definition) is 1. The van der Waals surface area contributed by atoms with E-state index in [9.17, 15) is 4.79 Å². The summed E-state index contributed by atoms with van der Waals surface area (Å²) in [5.74, 6) is -0.403. The Morgan fingerprint density at radius 2 is 2.04 bits per heavy atom. The van der Waals surface area contributed by atoms with Gasteiger partial charge in [0.05, 0.1) is 17.8 Å². The fourth-order valence-corrected chi connectivity index (χ4v) is 3.17. The van der Waals surface area contributed by atoms with Crippen LogP contribution in [-0.2, 0) is 11.8 Å². The Hall–Kier alpha value is -3.08. The highest BCUT2D eigenvalue weighted by atomic mass is 16.5. The van der Waals surface area contributed by atoms with Gasteiger partial charge in [0.1, 0.15) is 11.4 Å². The molecule has 1 N–H and O–H groups in total. The first kappa shape index (κ1) is 14.5. The topological polar surface area (TPSA) is 59.9 Å². The number of fused-ring (bicyclic) bond motifs is 3. The zero-order valence-electron chi connectivity index (χ0n) is 13.5. The molecule has 0 saturated heterocycles. The van der Waals surface area contributed by atoms with Gasteiger partial charge < -0.3 is 14.3 Å². The van der Waals surface area contributed by atoms with Gasteiger partial charge in [0.15, 0.2) is 0 Å². The summed E-state index contributed by atoms with van der Waals surface area (Å²) in [6.07, 6.45) is 1.85. The Balaban J connectivity index is 2.12. The monoisotopic (exact) mass is 319 g/mol. The van der Waals surface area contributed by atoms with E-state index < -0.39 is 5.97 Å². The van der Waals surface area contributed by atoms with Gasteiger partial charge in [0, 0.05) is 29.5 Å². The van der Waals surface area contributed by atoms with Crippen molar-refractivity contribution in [3.63, 3.8) is 0 Å². The van der Waals surface area contributed by atoms with Gasteiger partial charge in [-0.25, -0.2) is 9.78 Å². The number of carbonyl (C=O) groups excluding carboxylic acids is 1. The number of rotatable bonds is 3. The molecule has 1 aromatic carbocycles. The number of aromatic nitrogens is 3. The number of aromatic amines is 1. The largest absolute Gasteiger partial charge is 0.461 e. The third-order valence-corrected chi connectivity index (χ3v) is 4.22. The lowest BCUT2D eigenvalue weighted by atomic mass is 10.1. The van der Waals surface area contributed by atoms with Gasteiger partial charge >= 0.3 is 5.97 Å². The maximum Gasteiger partial charge on any atom is 0.356 e. The molecule has 3 aromatic heterocycles. The average molecular weight is 319 g/mol. The lowest BCUT2D eigenvalue weighted by Crippen LogP contribution is -2.08. The van der Waals surface area contributed by atoms with E-state index in [1.54, 1.807) is 6.92 Å². The van der Waals surface area contributed by atoms with Crippen LogP contribution in [0.2, 0.25) is 0 Å². The second-order valence-electron chi connectivity index (χ2n) is 5.63. The van der Waals surface area contributed by atoms with Crippen molar-refractivity contribution in [2.45, 2.75) is 6.92 Å². The molecule has 0 saturated carbocycles. The van der Waals surface area contributed by atoms with Crippen molar-refractivity contribution >= 4 is 27.8 Å². The standard InChI is InChI=1S/C19H17N3O2/c1-3-24-19(23)15-11-13-12-7-4-5-9-16(12)22(2)18(13)17(21-15)14-8-6-10-20-14/h4-11,20H,3H2,1-2H3. The number of H-pyrrole nitrogens is 1. The van der Waals surface area contributed by atoms with Crippen molar-refractivity contribution in [2.75, 3.05) is 6.61 Å². The van der Waals surface area contributed by atoms with Gasteiger partial charge in [-0.2, -0.15) is 0 Å². The van der Waals surface area contributed by atoms with E-state index >= 15 is 0 Å². The molecule has 0 atom stereocenters. The van der Waals surface area contributed by atoms with Crippen molar-refractivity contribution in [2.24, 2.45) is 7.05 Å². The Morgan fingerprint density at radius 3 is 2.79 bits per heavy atom. The molecule has 0 aliphatic heterocycles. The zero-order chi connectivity index (χ0) is 16.7. The summed E-state index contributed by atoms with van der Waals surface area (Å²) >= 11 is 0. The van der Waals surface area contributed by atoms with E-state index in [4.69, 9.17) is 4.74 Å². The van der Waals surface area contributed by atoms with Crippen LogP contribution in [0, 0.1) is 0 Å². The number of aryl methyl sites for hydroxylation is 1. The first-order chi connectivity index (χ1) is 11.7. The molecule has 120 valence electrons. The van der Waals surface area contributed by atoms with Crippen LogP contribution < -0.4 is 0 Å². The van der Waals surface area contributed by atoms with E-state index in [0.29, 0.717) is 12.3 Å². The number of carbonyl (C=O) groups is 1. The van der Waals surface area contributed by atoms with Crippen LogP contribution in [0.4, 0.5) is 0 Å². The molecule has 5 nitrogen and oxygen atoms in total. The Morgan fingerprint density at radius 1 is 1.21 bits per heavy atom. The van der Waals surface area contributed by atoms with Crippen LogP contribution in [0.3, 0.4) is 0 Å². The van der Waals surface area contributed by atoms with Gasteiger partial charge in [0.25, 0.3) is 0 Å². The quantitative estimate of drug-likeness (QED) is 0.583. The third-order valence-electron chi connectivity index (χ3n) is 4.22. The number of nitrogens with one attached hydrogen (secondary N) is 1. The molecular weight excluding hydrogens is 302 g/mol. The molecule has 0 unspecified atom stereocenters. The lowest BCUT2D eigenvalue weighted by Gasteiger charge is -2.07. The predicted molar refractivity (Wildman–Crippen MR) is 94.0 cm³/mol. The molecule has 4 rings (SSSR count). The van der Waals surface area contributed by atoms with Gasteiger partial charge in [-0.15, -0.1) is 0 Å². The van der Waals surface area contributed by atoms with E-state index in [2.05, 4.69) is 26.7 Å². The SMILES string of the molecule is CCOC(=O)c1cc2c3ccccc3n(C)c2c(-c2ccc[nH]2)n1. The van der Waals surface area contributed by atoms with Crippen LogP contribution in [0.5, 0.6) is 0 Å². The molecule has 0 aliphatic rings. The maximum atomic E-state index is 12.3. The maximum absolute atomic E-state index is 12.3. The summed E-state index contributed by atoms with van der Waals surface area (Å²) in [6, 6.07) is 13.8. The van der Waals surface area contributed by atoms with Crippen molar-refractivity contribution in [1.82, 2.24) is 14.5 Å². The Labute approximate surface area is 138 Å². The van der Waals surface area contributed by atoms with E-state index in [1.807, 2.05) is 43.6 Å². The molecular formula is C19H17N3O2. The highest BCUT2D eigenvalue weighted by molar-refractivity contribution is 6.13. The molecule has 0 aliphatic carbocycles. The molecule has 5 heteroatoms. The first-order valence-corrected chi connectivity index (χ1v) is 7.89. The molecule has 4 aromatic rings. The minimum absolute atomic E-state index is 0.324. The summed E-state index contributed by atoms with van der Waals surface area (Å²) in [4.78, 5) is 20.0. The van der Waals surface area contributed by atoms with Crippen LogP contribution >= 0.6 is 0 Å². The number of pyridine rings is 1. The number of ether oxygens (including phenoxy) is 1. The second-order valence-corrected chi connectivity index (χ2v) is 5.63. The third kappa shape index (κ3) is 2.09. The van der Waals surface area contributed by atoms with Crippen LogP contribution in [0.1, 0.15) is 17.4 Å². The number of hydrogen-bond acceptors (Lipinski definition) is 3. The first-order valence-electron chi connectivity index (χ1n) is 7.89. The summed E-state index contributed by atoms with van der Waals surface area (Å²) in [5, 5.41) is 2.09. The smallest absolute Gasteiger partial charge is 0.356 e. The van der Waals surface area contributed by atoms with Crippen molar-refractivity contribution in [3.05, 3.63) is 54.4 Å². The molecule has 0 fully saturated rings. The molecule has 0 spiro atoms. The number of benzene rings is 1. The van der Waals surface area contributed by atoms with Crippen molar-refractivity contribution in [1.29, 1.82) is 0 Å². The van der Waals surface area contributed by atoms with Crippen LogP contribution in [0.15, 0.2) is 48.7 Å². The number of esters is 1. The van der Waals surface area contributed by atoms with Gasteiger partial charge in [-0.3, -0.25) is 0 Å². The van der Waals surface area contributed by atoms with E-state index in [0.717, 1.165) is 33.2 Å². The van der Waals surface area contributed by atoms with E-state index in [1.165, 1.54) is 0 Å². The lowest BCUT2D eigenvalue weighted by molar-refractivity contribution is 0.0520. The molecule has 3 heterocycles. The van der Waals surface area contributed by atoms with Gasteiger partial charge in [-0.1, -0.05) is 18.2 Å². The van der Waals surface area contributed by atoms with E-state index in [-0.39, 0.29) is 0 Å². The summed E-state index contributed by atoms with van der Waals surface area (Å²) < 4.78 is 7.26. The van der Waals surface area contributed by atoms with Gasteiger partial charge in [0.2, 0.25) is 0 Å². The van der Waals surface area contributed by atoms with Crippen LogP contribution in [0.25, 0.3) is 33.2 Å². The summed E-state index contributed by atoms with van der Waals surface area (Å²) in [5.41, 5.74) is 4.04. The zero-order valence-corrected chi connectivity index (χ0v) is 13.5. The highest BCUT2D eigenvalue weighted by Crippen LogP contribution is 2.34. The Kier molecular flexibility index (Phi) is 3.34. The van der Waals surface area contributed by atoms with Gasteiger partial charge in [-0.05, 0) is 31.2 Å². The normalized spacial score (nSPS) is 11.2. The van der Waals surface area contributed by atoms with Crippen LogP contribution in [-0.4, -0.2) is 27.1 Å². The minimum Gasteiger partial charge on any atom is -0.461 e. The summed E-state index contributed by atoms with van der Waals surface area (Å²) in [7, 11) is 2.02. The average Bonchev–Trinajstić information content (AvgIpc) is 3.23. The predicted octanol–water partition coefficient (Wildman–Crippen LogP) is 3.90. The molecule has 0 bridgehead atoms. The summed E-state index contributed by atoms with van der Waals surface area (Å²) in [6.45, 7) is 2.12. The fraction of sp³-hybridized carbons (Fsp3) is 0.158. The number of para-hydroxylation sites is 1. The van der Waals surface area contributed by atoms with Crippen molar-refractivity contribution in [3.8, 4) is 11.4 Å². The molecule has 0 radical (unpaired) electrons. The Bertz CT molecular complexity index is 1050.